The molecular weight excluding hydrogens is 248 g/mol. The van der Waals surface area contributed by atoms with Crippen LogP contribution in [0.4, 0.5) is 0 Å². The molecule has 0 spiro atoms. The molecule has 0 aliphatic carbocycles. The van der Waals surface area contributed by atoms with Gasteiger partial charge in [0.25, 0.3) is 0 Å². The Kier molecular flexibility index (Phi) is 3.47. The number of nitrogens with zero attached hydrogens (tertiary/aromatic N) is 2. The molecule has 0 bridgehead atoms. The maximum atomic E-state index is 5.45. The third-order valence-corrected chi connectivity index (χ3v) is 3.15. The topological polar surface area (TPSA) is 34.5 Å². The summed E-state index contributed by atoms with van der Waals surface area (Å²) in [7, 11) is 0. The molecule has 3 nitrogen and oxygen atoms in total. The minimum Gasteiger partial charge on any atom is -0.387 e. The van der Waals surface area contributed by atoms with Gasteiger partial charge in [-0.3, -0.25) is 4.98 Å². The van der Waals surface area contributed by atoms with E-state index in [2.05, 4.69) is 28.0 Å². The molecule has 0 N–H and O–H groups in total. The Morgan fingerprint density at radius 1 is 1.10 bits per heavy atom. The van der Waals surface area contributed by atoms with Crippen LogP contribution in [0.25, 0.3) is 0 Å². The first-order chi connectivity index (χ1) is 9.83. The van der Waals surface area contributed by atoms with Gasteiger partial charge in [-0.25, -0.2) is 0 Å². The molecule has 2 heterocycles. The third kappa shape index (κ3) is 2.70. The number of aromatic nitrogens is 1. The van der Waals surface area contributed by atoms with Crippen molar-refractivity contribution in [2.75, 3.05) is 0 Å². The Balaban J connectivity index is 1.90. The van der Waals surface area contributed by atoms with Crippen molar-refractivity contribution in [3.05, 3.63) is 65.5 Å². The lowest BCUT2D eigenvalue weighted by atomic mass is 9.99. The molecular formula is C17H14N2O. The third-order valence-electron chi connectivity index (χ3n) is 3.15. The second-order valence-corrected chi connectivity index (χ2v) is 4.70. The second kappa shape index (κ2) is 5.58. The standard InChI is InChI=1S/C17H14N2O/c1-13-12-17(20-19-13)16-5-3-2-4-15(16)7-6-14-8-10-18-11-9-14/h2-5,8-11,17H,12H2,1H3/t17-/m1/s1. The van der Waals surface area contributed by atoms with Gasteiger partial charge in [-0.2, -0.15) is 0 Å². The highest BCUT2D eigenvalue weighted by molar-refractivity contribution is 5.83. The summed E-state index contributed by atoms with van der Waals surface area (Å²) in [5, 5.41) is 4.01. The van der Waals surface area contributed by atoms with Crippen molar-refractivity contribution in [2.45, 2.75) is 19.4 Å². The second-order valence-electron chi connectivity index (χ2n) is 4.70. The molecule has 1 aromatic carbocycles. The Hall–Kier alpha value is -2.60. The van der Waals surface area contributed by atoms with Crippen molar-refractivity contribution >= 4 is 5.71 Å². The monoisotopic (exact) mass is 262 g/mol. The number of oxime groups is 1. The van der Waals surface area contributed by atoms with Crippen LogP contribution in [0, 0.1) is 11.8 Å². The van der Waals surface area contributed by atoms with Crippen molar-refractivity contribution < 1.29 is 4.84 Å². The molecule has 0 saturated carbocycles. The molecule has 0 radical (unpaired) electrons. The lowest BCUT2D eigenvalue weighted by molar-refractivity contribution is 0.0855. The zero-order valence-corrected chi connectivity index (χ0v) is 11.2. The predicted octanol–water partition coefficient (Wildman–Crippen LogP) is 3.32. The first kappa shape index (κ1) is 12.4. The molecule has 0 unspecified atom stereocenters. The SMILES string of the molecule is CC1=NO[C@@H](c2ccccc2C#Cc2ccncc2)C1. The van der Waals surface area contributed by atoms with E-state index in [-0.39, 0.29) is 6.10 Å². The molecule has 1 aliphatic rings. The van der Waals surface area contributed by atoms with Gasteiger partial charge in [0, 0.05) is 35.5 Å². The van der Waals surface area contributed by atoms with E-state index in [1.807, 2.05) is 37.3 Å². The summed E-state index contributed by atoms with van der Waals surface area (Å²) in [5.41, 5.74) is 4.05. The van der Waals surface area contributed by atoms with E-state index in [0.29, 0.717) is 0 Å². The van der Waals surface area contributed by atoms with Crippen molar-refractivity contribution in [3.63, 3.8) is 0 Å². The van der Waals surface area contributed by atoms with Gasteiger partial charge >= 0.3 is 0 Å². The van der Waals surface area contributed by atoms with E-state index in [1.165, 1.54) is 0 Å². The lowest BCUT2D eigenvalue weighted by Crippen LogP contribution is -2.00. The van der Waals surface area contributed by atoms with Crippen LogP contribution < -0.4 is 0 Å². The molecule has 3 heteroatoms. The Morgan fingerprint density at radius 3 is 2.65 bits per heavy atom. The van der Waals surface area contributed by atoms with Crippen LogP contribution in [0.15, 0.2) is 53.9 Å². The summed E-state index contributed by atoms with van der Waals surface area (Å²) in [5.74, 6) is 6.37. The van der Waals surface area contributed by atoms with Crippen LogP contribution in [-0.2, 0) is 4.84 Å². The highest BCUT2D eigenvalue weighted by Crippen LogP contribution is 2.29. The van der Waals surface area contributed by atoms with Crippen molar-refractivity contribution in [3.8, 4) is 11.8 Å². The number of rotatable bonds is 1. The van der Waals surface area contributed by atoms with Crippen LogP contribution in [0.1, 0.15) is 36.1 Å². The summed E-state index contributed by atoms with van der Waals surface area (Å²) in [6, 6.07) is 11.9. The van der Waals surface area contributed by atoms with E-state index >= 15 is 0 Å². The zero-order valence-electron chi connectivity index (χ0n) is 11.2. The zero-order chi connectivity index (χ0) is 13.8. The van der Waals surface area contributed by atoms with E-state index in [9.17, 15) is 0 Å². The first-order valence-corrected chi connectivity index (χ1v) is 6.53. The quantitative estimate of drug-likeness (QED) is 0.739. The van der Waals surface area contributed by atoms with E-state index in [4.69, 9.17) is 4.84 Å². The van der Waals surface area contributed by atoms with Crippen LogP contribution >= 0.6 is 0 Å². The molecule has 20 heavy (non-hydrogen) atoms. The maximum Gasteiger partial charge on any atom is 0.159 e. The van der Waals surface area contributed by atoms with Gasteiger partial charge in [-0.05, 0) is 25.1 Å². The molecule has 0 amide bonds. The van der Waals surface area contributed by atoms with Crippen LogP contribution in [0.3, 0.4) is 0 Å². The first-order valence-electron chi connectivity index (χ1n) is 6.53. The van der Waals surface area contributed by atoms with E-state index in [1.54, 1.807) is 12.4 Å². The van der Waals surface area contributed by atoms with Gasteiger partial charge < -0.3 is 4.84 Å². The average Bonchev–Trinajstić information content (AvgIpc) is 2.93. The summed E-state index contributed by atoms with van der Waals surface area (Å²) in [6.07, 6.45) is 4.30. The molecule has 2 aromatic rings. The fourth-order valence-electron chi connectivity index (χ4n) is 2.13. The van der Waals surface area contributed by atoms with Gasteiger partial charge in [0.15, 0.2) is 6.10 Å². The number of pyridine rings is 1. The van der Waals surface area contributed by atoms with Crippen LogP contribution in [0.5, 0.6) is 0 Å². The largest absolute Gasteiger partial charge is 0.387 e. The molecule has 1 aliphatic heterocycles. The minimum atomic E-state index is -0.0158. The highest BCUT2D eigenvalue weighted by Gasteiger charge is 2.21. The fourth-order valence-corrected chi connectivity index (χ4v) is 2.13. The van der Waals surface area contributed by atoms with Gasteiger partial charge in [-0.1, -0.05) is 35.2 Å². The number of benzene rings is 1. The maximum absolute atomic E-state index is 5.45. The van der Waals surface area contributed by atoms with Crippen LogP contribution in [-0.4, -0.2) is 10.7 Å². The van der Waals surface area contributed by atoms with Crippen molar-refractivity contribution in [1.82, 2.24) is 4.98 Å². The number of hydrogen-bond acceptors (Lipinski definition) is 3. The normalized spacial score (nSPS) is 16.9. The summed E-state index contributed by atoms with van der Waals surface area (Å²) >= 11 is 0. The predicted molar refractivity (Wildman–Crippen MR) is 78.2 cm³/mol. The fraction of sp³-hybridized carbons (Fsp3) is 0.176. The molecule has 1 atom stereocenters. The number of hydrogen-bond donors (Lipinski definition) is 0. The average molecular weight is 262 g/mol. The van der Waals surface area contributed by atoms with Gasteiger partial charge in [0.2, 0.25) is 0 Å². The summed E-state index contributed by atoms with van der Waals surface area (Å²) in [4.78, 5) is 9.44. The van der Waals surface area contributed by atoms with E-state index < -0.39 is 0 Å². The highest BCUT2D eigenvalue weighted by atomic mass is 16.6. The van der Waals surface area contributed by atoms with Gasteiger partial charge in [-0.15, -0.1) is 0 Å². The minimum absolute atomic E-state index is 0.0158. The van der Waals surface area contributed by atoms with Crippen molar-refractivity contribution in [2.24, 2.45) is 5.16 Å². The van der Waals surface area contributed by atoms with Crippen LogP contribution in [0.2, 0.25) is 0 Å². The molecule has 0 saturated heterocycles. The smallest absolute Gasteiger partial charge is 0.159 e. The summed E-state index contributed by atoms with van der Waals surface area (Å²) in [6.45, 7) is 1.98. The lowest BCUT2D eigenvalue weighted by Gasteiger charge is -2.10. The Labute approximate surface area is 118 Å². The van der Waals surface area contributed by atoms with E-state index in [0.717, 1.165) is 28.8 Å². The van der Waals surface area contributed by atoms with Crippen molar-refractivity contribution in [1.29, 1.82) is 0 Å². The Bertz CT molecular complexity index is 696. The Morgan fingerprint density at radius 2 is 1.90 bits per heavy atom. The molecule has 3 rings (SSSR count). The van der Waals surface area contributed by atoms with Gasteiger partial charge in [0.1, 0.15) is 0 Å². The summed E-state index contributed by atoms with van der Waals surface area (Å²) < 4.78 is 0. The molecule has 1 aromatic heterocycles. The molecule has 98 valence electrons. The molecule has 0 fully saturated rings. The van der Waals surface area contributed by atoms with Gasteiger partial charge in [0.05, 0.1) is 5.71 Å².